The van der Waals surface area contributed by atoms with E-state index in [1.54, 1.807) is 18.4 Å². The fourth-order valence-electron chi connectivity index (χ4n) is 1.89. The van der Waals surface area contributed by atoms with Crippen molar-refractivity contribution < 1.29 is 4.74 Å². The molecule has 0 N–H and O–H groups in total. The molecule has 19 heavy (non-hydrogen) atoms. The summed E-state index contributed by atoms with van der Waals surface area (Å²) in [4.78, 5) is 2.29. The van der Waals surface area contributed by atoms with Gasteiger partial charge in [0.25, 0.3) is 0 Å². The van der Waals surface area contributed by atoms with Gasteiger partial charge in [-0.25, -0.2) is 0 Å². The molecule has 0 aliphatic carbocycles. The highest BCUT2D eigenvalue weighted by molar-refractivity contribution is 9.11. The van der Waals surface area contributed by atoms with Crippen LogP contribution in [-0.2, 0) is 13.1 Å². The van der Waals surface area contributed by atoms with Gasteiger partial charge in [-0.2, -0.15) is 0 Å². The Morgan fingerprint density at radius 1 is 1.21 bits per heavy atom. The minimum atomic E-state index is 0.880. The molecule has 0 radical (unpaired) electrons. The first-order valence-corrected chi connectivity index (χ1v) is 8.29. The van der Waals surface area contributed by atoms with Crippen LogP contribution in [0.5, 0.6) is 5.75 Å². The van der Waals surface area contributed by atoms with Gasteiger partial charge in [0.05, 0.1) is 10.9 Å². The van der Waals surface area contributed by atoms with Crippen molar-refractivity contribution >= 4 is 43.2 Å². The zero-order valence-electron chi connectivity index (χ0n) is 10.8. The van der Waals surface area contributed by atoms with Crippen LogP contribution in [0.25, 0.3) is 0 Å². The van der Waals surface area contributed by atoms with Crippen molar-refractivity contribution in [3.8, 4) is 5.75 Å². The molecular weight excluding hydrogens is 390 g/mol. The summed E-state index contributed by atoms with van der Waals surface area (Å²) in [5, 5.41) is 2.18. The van der Waals surface area contributed by atoms with Gasteiger partial charge in [-0.3, -0.25) is 4.90 Å². The van der Waals surface area contributed by atoms with Gasteiger partial charge >= 0.3 is 0 Å². The monoisotopic (exact) mass is 403 g/mol. The number of benzene rings is 1. The van der Waals surface area contributed by atoms with Crippen LogP contribution < -0.4 is 4.74 Å². The van der Waals surface area contributed by atoms with E-state index >= 15 is 0 Å². The molecule has 0 fully saturated rings. The van der Waals surface area contributed by atoms with Gasteiger partial charge in [0.1, 0.15) is 5.75 Å². The Morgan fingerprint density at radius 2 is 2.00 bits per heavy atom. The quantitative estimate of drug-likeness (QED) is 0.701. The lowest BCUT2D eigenvalue weighted by atomic mass is 10.2. The van der Waals surface area contributed by atoms with Gasteiger partial charge in [0.15, 0.2) is 0 Å². The molecule has 0 saturated heterocycles. The molecule has 1 aromatic heterocycles. The number of methoxy groups -OCH3 is 1. The predicted molar refractivity (Wildman–Crippen MR) is 87.9 cm³/mol. The Morgan fingerprint density at radius 3 is 2.63 bits per heavy atom. The van der Waals surface area contributed by atoms with Gasteiger partial charge in [-0.1, -0.05) is 15.9 Å². The van der Waals surface area contributed by atoms with E-state index in [9.17, 15) is 0 Å². The van der Waals surface area contributed by atoms with Crippen molar-refractivity contribution in [2.45, 2.75) is 13.1 Å². The van der Waals surface area contributed by atoms with Crippen LogP contribution >= 0.6 is 43.2 Å². The lowest BCUT2D eigenvalue weighted by Crippen LogP contribution is -2.17. The molecule has 0 amide bonds. The van der Waals surface area contributed by atoms with Crippen molar-refractivity contribution in [1.82, 2.24) is 4.90 Å². The maximum atomic E-state index is 5.27. The Labute approximate surface area is 134 Å². The van der Waals surface area contributed by atoms with E-state index in [0.29, 0.717) is 0 Å². The summed E-state index contributed by atoms with van der Waals surface area (Å²) in [6.45, 7) is 1.82. The van der Waals surface area contributed by atoms with Crippen molar-refractivity contribution in [2.75, 3.05) is 14.2 Å². The number of nitrogens with zero attached hydrogens (tertiary/aromatic N) is 1. The molecule has 0 bridgehead atoms. The number of rotatable bonds is 5. The maximum Gasteiger partial charge on any atom is 0.119 e. The third-order valence-electron chi connectivity index (χ3n) is 2.77. The fraction of sp³-hybridized carbons (Fsp3) is 0.286. The van der Waals surface area contributed by atoms with E-state index in [1.807, 2.05) is 12.1 Å². The lowest BCUT2D eigenvalue weighted by Gasteiger charge is -2.17. The summed E-state index contributed by atoms with van der Waals surface area (Å²) < 4.78 is 7.57. The molecule has 2 nitrogen and oxygen atoms in total. The standard InChI is InChI=1S/C14H15Br2NOS/c1-17(7-10-5-14(16)19-9-10)8-11-6-12(18-2)3-4-13(11)15/h3-6,9H,7-8H2,1-2H3. The van der Waals surface area contributed by atoms with Crippen LogP contribution in [0, 0.1) is 0 Å². The van der Waals surface area contributed by atoms with E-state index < -0.39 is 0 Å². The molecule has 1 aromatic carbocycles. The minimum Gasteiger partial charge on any atom is -0.497 e. The van der Waals surface area contributed by atoms with Crippen molar-refractivity contribution in [3.63, 3.8) is 0 Å². The Kier molecular flexibility index (Phi) is 5.45. The maximum absolute atomic E-state index is 5.27. The number of thiophene rings is 1. The second kappa shape index (κ2) is 6.88. The third-order valence-corrected chi connectivity index (χ3v) is 5.09. The summed E-state index contributed by atoms with van der Waals surface area (Å²) in [7, 11) is 3.82. The average molecular weight is 405 g/mol. The zero-order chi connectivity index (χ0) is 13.8. The molecule has 102 valence electrons. The molecule has 0 unspecified atom stereocenters. The van der Waals surface area contributed by atoms with Crippen molar-refractivity contribution in [3.05, 3.63) is 49.0 Å². The lowest BCUT2D eigenvalue weighted by molar-refractivity contribution is 0.318. The molecule has 0 aliphatic rings. The minimum absolute atomic E-state index is 0.880. The summed E-state index contributed by atoms with van der Waals surface area (Å²) in [5.41, 5.74) is 2.56. The average Bonchev–Trinajstić information content (AvgIpc) is 2.77. The van der Waals surface area contributed by atoms with Gasteiger partial charge in [0, 0.05) is 17.6 Å². The van der Waals surface area contributed by atoms with E-state index in [2.05, 4.69) is 61.3 Å². The Bertz CT molecular complexity index is 556. The molecule has 2 aromatic rings. The van der Waals surface area contributed by atoms with Crippen LogP contribution in [0.4, 0.5) is 0 Å². The second-order valence-electron chi connectivity index (χ2n) is 4.39. The molecule has 0 spiro atoms. The molecule has 1 heterocycles. The molecular formula is C14H15Br2NOS. The van der Waals surface area contributed by atoms with Crippen LogP contribution in [0.1, 0.15) is 11.1 Å². The largest absolute Gasteiger partial charge is 0.497 e. The molecule has 2 rings (SSSR count). The highest BCUT2D eigenvalue weighted by Gasteiger charge is 2.07. The molecule has 0 saturated carbocycles. The number of halogens is 2. The zero-order valence-corrected chi connectivity index (χ0v) is 14.8. The van der Waals surface area contributed by atoms with Crippen LogP contribution in [-0.4, -0.2) is 19.1 Å². The van der Waals surface area contributed by atoms with Gasteiger partial charge < -0.3 is 4.74 Å². The first kappa shape index (κ1) is 15.0. The number of hydrogen-bond acceptors (Lipinski definition) is 3. The Balaban J connectivity index is 2.03. The van der Waals surface area contributed by atoms with Crippen LogP contribution in [0.3, 0.4) is 0 Å². The van der Waals surface area contributed by atoms with E-state index in [-0.39, 0.29) is 0 Å². The topological polar surface area (TPSA) is 12.5 Å². The second-order valence-corrected chi connectivity index (χ2v) is 7.53. The predicted octanol–water partition coefficient (Wildman–Crippen LogP) is 4.91. The summed E-state index contributed by atoms with van der Waals surface area (Å²) in [6, 6.07) is 8.23. The highest BCUT2D eigenvalue weighted by atomic mass is 79.9. The van der Waals surface area contributed by atoms with Gasteiger partial charge in [-0.05, 0) is 63.8 Å². The summed E-state index contributed by atoms with van der Waals surface area (Å²) in [6.07, 6.45) is 0. The van der Waals surface area contributed by atoms with Gasteiger partial charge in [-0.15, -0.1) is 11.3 Å². The van der Waals surface area contributed by atoms with E-state index in [4.69, 9.17) is 4.74 Å². The van der Waals surface area contributed by atoms with E-state index in [0.717, 1.165) is 23.3 Å². The molecule has 0 aliphatic heterocycles. The normalized spacial score (nSPS) is 11.0. The van der Waals surface area contributed by atoms with Crippen molar-refractivity contribution in [2.24, 2.45) is 0 Å². The molecule has 0 atom stereocenters. The molecule has 5 heteroatoms. The smallest absolute Gasteiger partial charge is 0.119 e. The van der Waals surface area contributed by atoms with Gasteiger partial charge in [0.2, 0.25) is 0 Å². The number of hydrogen-bond donors (Lipinski definition) is 0. The highest BCUT2D eigenvalue weighted by Crippen LogP contribution is 2.25. The first-order valence-electron chi connectivity index (χ1n) is 5.82. The van der Waals surface area contributed by atoms with E-state index in [1.165, 1.54) is 14.9 Å². The summed E-state index contributed by atoms with van der Waals surface area (Å²) >= 11 is 8.81. The summed E-state index contributed by atoms with van der Waals surface area (Å²) in [5.74, 6) is 0.893. The van der Waals surface area contributed by atoms with Crippen LogP contribution in [0.2, 0.25) is 0 Å². The van der Waals surface area contributed by atoms with Crippen LogP contribution in [0.15, 0.2) is 37.9 Å². The first-order chi connectivity index (χ1) is 9.08. The third kappa shape index (κ3) is 4.31. The fourth-order valence-corrected chi connectivity index (χ4v) is 3.46. The van der Waals surface area contributed by atoms with Crippen molar-refractivity contribution in [1.29, 1.82) is 0 Å². The Hall–Kier alpha value is -0.360. The number of ether oxygens (including phenoxy) is 1. The SMILES string of the molecule is COc1ccc(Br)c(CN(C)Cc2csc(Br)c2)c1.